The molecule has 0 unspecified atom stereocenters. The molecule has 0 aromatic rings. The fraction of sp³-hybridized carbons (Fsp3) is 0.583. The highest BCUT2D eigenvalue weighted by Crippen LogP contribution is 2.44. The molecule has 0 bridgehead atoms. The zero-order chi connectivity index (χ0) is 10.3. The lowest BCUT2D eigenvalue weighted by Gasteiger charge is -2.32. The Kier molecular flexibility index (Phi) is 2.02. The third-order valence-electron chi connectivity index (χ3n) is 3.34. The molecule has 0 aromatic heterocycles. The topological polar surface area (TPSA) is 26.3 Å². The maximum atomic E-state index is 11.2. The Balaban J connectivity index is 2.23. The second-order valence-electron chi connectivity index (χ2n) is 4.71. The highest BCUT2D eigenvalue weighted by Gasteiger charge is 2.46. The third kappa shape index (κ3) is 1.39. The van der Waals surface area contributed by atoms with Crippen LogP contribution in [0.15, 0.2) is 24.3 Å². The van der Waals surface area contributed by atoms with Crippen LogP contribution in [0.1, 0.15) is 26.7 Å². The van der Waals surface area contributed by atoms with Crippen LogP contribution < -0.4 is 0 Å². The van der Waals surface area contributed by atoms with Gasteiger partial charge >= 0.3 is 5.97 Å². The maximum absolute atomic E-state index is 11.2. The van der Waals surface area contributed by atoms with Crippen LogP contribution in [0, 0.1) is 11.3 Å². The lowest BCUT2D eigenvalue weighted by molar-refractivity contribution is -0.142. The number of carbonyl (C=O) groups is 1. The molecular formula is C12H16O2. The monoisotopic (exact) mass is 192 g/mol. The van der Waals surface area contributed by atoms with Crippen molar-refractivity contribution < 1.29 is 9.53 Å². The van der Waals surface area contributed by atoms with Crippen LogP contribution in [-0.4, -0.2) is 12.1 Å². The van der Waals surface area contributed by atoms with E-state index in [0.717, 1.165) is 12.0 Å². The summed E-state index contributed by atoms with van der Waals surface area (Å²) in [5, 5.41) is 0. The lowest BCUT2D eigenvalue weighted by Crippen LogP contribution is -2.31. The van der Waals surface area contributed by atoms with Gasteiger partial charge in [-0.25, -0.2) is 0 Å². The van der Waals surface area contributed by atoms with Crippen LogP contribution >= 0.6 is 0 Å². The van der Waals surface area contributed by atoms with Gasteiger partial charge in [0.15, 0.2) is 0 Å². The molecule has 2 nitrogen and oxygen atoms in total. The smallest absolute Gasteiger partial charge is 0.307 e. The van der Waals surface area contributed by atoms with Crippen molar-refractivity contribution in [2.45, 2.75) is 32.8 Å². The molecule has 0 radical (unpaired) electrons. The first kappa shape index (κ1) is 9.50. The molecule has 1 fully saturated rings. The minimum atomic E-state index is -0.0664. The molecular weight excluding hydrogens is 176 g/mol. The maximum Gasteiger partial charge on any atom is 0.307 e. The standard InChI is InChI=1S/C12H16O2/c1-8(2)9-4-5-12(3)7-11(13)14-10(12)6-9/h4-5,9-10H,1,6-7H2,2-3H3/t9-,10-,12-/m1/s1. The van der Waals surface area contributed by atoms with Gasteiger partial charge in [-0.15, -0.1) is 0 Å². The van der Waals surface area contributed by atoms with Gasteiger partial charge in [0.1, 0.15) is 6.10 Å². The van der Waals surface area contributed by atoms with Gasteiger partial charge < -0.3 is 4.74 Å². The summed E-state index contributed by atoms with van der Waals surface area (Å²) in [6, 6.07) is 0. The summed E-state index contributed by atoms with van der Waals surface area (Å²) in [4.78, 5) is 11.2. The summed E-state index contributed by atoms with van der Waals surface area (Å²) >= 11 is 0. The minimum Gasteiger partial charge on any atom is -0.461 e. The fourth-order valence-corrected chi connectivity index (χ4v) is 2.25. The molecule has 0 N–H and O–H groups in total. The van der Waals surface area contributed by atoms with E-state index in [0.29, 0.717) is 12.3 Å². The molecule has 14 heavy (non-hydrogen) atoms. The van der Waals surface area contributed by atoms with Gasteiger partial charge in [0.2, 0.25) is 0 Å². The third-order valence-corrected chi connectivity index (χ3v) is 3.34. The summed E-state index contributed by atoms with van der Waals surface area (Å²) in [5.41, 5.74) is 1.08. The summed E-state index contributed by atoms with van der Waals surface area (Å²) in [6.07, 6.45) is 5.78. The number of rotatable bonds is 1. The molecule has 0 saturated carbocycles. The summed E-state index contributed by atoms with van der Waals surface area (Å²) in [7, 11) is 0. The van der Waals surface area contributed by atoms with E-state index in [9.17, 15) is 4.79 Å². The molecule has 0 aromatic carbocycles. The second-order valence-corrected chi connectivity index (χ2v) is 4.71. The number of carbonyl (C=O) groups excluding carboxylic acids is 1. The molecule has 2 heteroatoms. The fourth-order valence-electron chi connectivity index (χ4n) is 2.25. The lowest BCUT2D eigenvalue weighted by atomic mass is 9.73. The van der Waals surface area contributed by atoms with Gasteiger partial charge in [-0.2, -0.15) is 0 Å². The van der Waals surface area contributed by atoms with E-state index in [1.807, 2.05) is 6.92 Å². The number of ether oxygens (including phenoxy) is 1. The quantitative estimate of drug-likeness (QED) is 0.471. The molecule has 76 valence electrons. The van der Waals surface area contributed by atoms with Gasteiger partial charge in [-0.1, -0.05) is 31.2 Å². The van der Waals surface area contributed by atoms with Crippen LogP contribution in [0.5, 0.6) is 0 Å². The van der Waals surface area contributed by atoms with E-state index in [2.05, 4.69) is 25.7 Å². The van der Waals surface area contributed by atoms with Crippen molar-refractivity contribution in [2.75, 3.05) is 0 Å². The summed E-state index contributed by atoms with van der Waals surface area (Å²) in [6.45, 7) is 8.06. The molecule has 1 heterocycles. The first-order valence-electron chi connectivity index (χ1n) is 5.05. The molecule has 2 rings (SSSR count). The Bertz CT molecular complexity index is 316. The van der Waals surface area contributed by atoms with Crippen LogP contribution in [0.2, 0.25) is 0 Å². The average Bonchev–Trinajstić information content (AvgIpc) is 2.37. The van der Waals surface area contributed by atoms with Gasteiger partial charge in [0.25, 0.3) is 0 Å². The number of hydrogen-bond donors (Lipinski definition) is 0. The molecule has 2 aliphatic rings. The first-order chi connectivity index (χ1) is 6.51. The second kappa shape index (κ2) is 2.97. The van der Waals surface area contributed by atoms with E-state index in [-0.39, 0.29) is 17.5 Å². The van der Waals surface area contributed by atoms with Crippen molar-refractivity contribution in [1.29, 1.82) is 0 Å². The van der Waals surface area contributed by atoms with Crippen LogP contribution in [0.4, 0.5) is 0 Å². The molecule has 1 aliphatic carbocycles. The van der Waals surface area contributed by atoms with Gasteiger partial charge in [0.05, 0.1) is 6.42 Å². The molecule has 0 amide bonds. The first-order valence-corrected chi connectivity index (χ1v) is 5.05. The van der Waals surface area contributed by atoms with Gasteiger partial charge in [-0.05, 0) is 13.3 Å². The number of hydrogen-bond acceptors (Lipinski definition) is 2. The number of esters is 1. The Morgan fingerprint density at radius 1 is 1.71 bits per heavy atom. The van der Waals surface area contributed by atoms with Gasteiger partial charge in [-0.3, -0.25) is 4.79 Å². The highest BCUT2D eigenvalue weighted by molar-refractivity contribution is 5.73. The SMILES string of the molecule is C=C(C)[C@@H]1C=C[C@]2(C)CC(=O)O[C@@H]2C1. The Hall–Kier alpha value is -1.05. The zero-order valence-electron chi connectivity index (χ0n) is 8.75. The normalized spacial score (nSPS) is 40.6. The predicted molar refractivity (Wildman–Crippen MR) is 54.7 cm³/mol. The summed E-state index contributed by atoms with van der Waals surface area (Å²) < 4.78 is 5.32. The molecule has 1 saturated heterocycles. The largest absolute Gasteiger partial charge is 0.461 e. The van der Waals surface area contributed by atoms with Crippen molar-refractivity contribution in [3.05, 3.63) is 24.3 Å². The highest BCUT2D eigenvalue weighted by atomic mass is 16.6. The Morgan fingerprint density at radius 3 is 3.07 bits per heavy atom. The van der Waals surface area contributed by atoms with Gasteiger partial charge in [0, 0.05) is 11.3 Å². The van der Waals surface area contributed by atoms with Crippen LogP contribution in [0.3, 0.4) is 0 Å². The Morgan fingerprint density at radius 2 is 2.43 bits per heavy atom. The van der Waals surface area contributed by atoms with E-state index in [1.165, 1.54) is 0 Å². The molecule has 0 spiro atoms. The van der Waals surface area contributed by atoms with E-state index in [1.54, 1.807) is 0 Å². The zero-order valence-corrected chi connectivity index (χ0v) is 8.75. The van der Waals surface area contributed by atoms with E-state index < -0.39 is 0 Å². The predicted octanol–water partition coefficient (Wildman–Crippen LogP) is 2.46. The van der Waals surface area contributed by atoms with Crippen molar-refractivity contribution in [1.82, 2.24) is 0 Å². The van der Waals surface area contributed by atoms with Crippen LogP contribution in [-0.2, 0) is 9.53 Å². The van der Waals surface area contributed by atoms with Crippen LogP contribution in [0.25, 0.3) is 0 Å². The number of allylic oxidation sites excluding steroid dienone is 2. The number of fused-ring (bicyclic) bond motifs is 1. The van der Waals surface area contributed by atoms with E-state index >= 15 is 0 Å². The Labute approximate surface area is 84.6 Å². The minimum absolute atomic E-state index is 0.0571. The molecule has 3 atom stereocenters. The average molecular weight is 192 g/mol. The molecule has 1 aliphatic heterocycles. The van der Waals surface area contributed by atoms with Crippen molar-refractivity contribution in [2.24, 2.45) is 11.3 Å². The van der Waals surface area contributed by atoms with E-state index in [4.69, 9.17) is 4.74 Å². The summed E-state index contributed by atoms with van der Waals surface area (Å²) in [5.74, 6) is 0.309. The van der Waals surface area contributed by atoms with Crippen molar-refractivity contribution in [3.63, 3.8) is 0 Å². The van der Waals surface area contributed by atoms with Crippen molar-refractivity contribution >= 4 is 5.97 Å². The van der Waals surface area contributed by atoms with Crippen molar-refractivity contribution in [3.8, 4) is 0 Å².